The summed E-state index contributed by atoms with van der Waals surface area (Å²) in [4.78, 5) is 10.9. The highest BCUT2D eigenvalue weighted by Gasteiger charge is 2.04. The van der Waals surface area contributed by atoms with E-state index < -0.39 is 5.91 Å². The molecule has 0 saturated heterocycles. The van der Waals surface area contributed by atoms with Crippen molar-refractivity contribution in [3.8, 4) is 0 Å². The number of hydrogen-bond donors (Lipinski definition) is 2. The molecular weight excluding hydrogens is 220 g/mol. The third kappa shape index (κ3) is 3.77. The molecule has 0 aliphatic carbocycles. The van der Waals surface area contributed by atoms with E-state index in [0.717, 1.165) is 17.1 Å². The van der Waals surface area contributed by atoms with Gasteiger partial charge in [-0.15, -0.1) is 0 Å². The number of nitrogen functional groups attached to an aromatic ring is 1. The Bertz CT molecular complexity index is 366. The van der Waals surface area contributed by atoms with E-state index in [-0.39, 0.29) is 0 Å². The van der Waals surface area contributed by atoms with Crippen molar-refractivity contribution >= 4 is 23.4 Å². The van der Waals surface area contributed by atoms with Gasteiger partial charge in [0.15, 0.2) is 0 Å². The maximum atomic E-state index is 10.9. The molecule has 0 radical (unpaired) electrons. The van der Waals surface area contributed by atoms with Crippen LogP contribution in [0.5, 0.6) is 0 Å². The number of unbranched alkanes of at least 4 members (excludes halogenated alkanes) is 1. The van der Waals surface area contributed by atoms with Crippen molar-refractivity contribution in [2.45, 2.75) is 25.5 Å². The predicted octanol–water partition coefficient (Wildman–Crippen LogP) is 2.40. The smallest absolute Gasteiger partial charge is 0.248 e. The van der Waals surface area contributed by atoms with Crippen LogP contribution in [0.25, 0.3) is 0 Å². The molecule has 88 valence electrons. The Labute approximate surface area is 101 Å². The van der Waals surface area contributed by atoms with Gasteiger partial charge in [-0.1, -0.05) is 19.4 Å². The summed E-state index contributed by atoms with van der Waals surface area (Å²) in [7, 11) is 0. The van der Waals surface area contributed by atoms with Gasteiger partial charge in [-0.05, 0) is 29.9 Å². The number of thioether (sulfide) groups is 1. The summed E-state index contributed by atoms with van der Waals surface area (Å²) in [5, 5.41) is 0. The van der Waals surface area contributed by atoms with Crippen LogP contribution in [0.2, 0.25) is 0 Å². The van der Waals surface area contributed by atoms with Crippen molar-refractivity contribution in [2.24, 2.45) is 5.73 Å². The summed E-state index contributed by atoms with van der Waals surface area (Å²) in [6, 6.07) is 5.26. The molecule has 0 saturated carbocycles. The zero-order chi connectivity index (χ0) is 12.0. The second-order valence-electron chi connectivity index (χ2n) is 3.68. The number of primary amides is 1. The normalized spacial score (nSPS) is 10.3. The maximum Gasteiger partial charge on any atom is 0.248 e. The average Bonchev–Trinajstić information content (AvgIpc) is 2.26. The van der Waals surface area contributed by atoms with Crippen LogP contribution in [0.4, 0.5) is 5.69 Å². The Morgan fingerprint density at radius 3 is 2.75 bits per heavy atom. The lowest BCUT2D eigenvalue weighted by Crippen LogP contribution is -2.11. The van der Waals surface area contributed by atoms with Crippen LogP contribution in [-0.2, 0) is 5.75 Å². The molecule has 0 heterocycles. The van der Waals surface area contributed by atoms with E-state index in [1.165, 1.54) is 12.8 Å². The zero-order valence-corrected chi connectivity index (χ0v) is 10.3. The first-order valence-electron chi connectivity index (χ1n) is 5.41. The Morgan fingerprint density at radius 1 is 1.44 bits per heavy atom. The molecule has 4 N–H and O–H groups in total. The molecule has 0 atom stereocenters. The van der Waals surface area contributed by atoms with Crippen molar-refractivity contribution in [3.63, 3.8) is 0 Å². The van der Waals surface area contributed by atoms with Gasteiger partial charge in [0.05, 0.1) is 0 Å². The van der Waals surface area contributed by atoms with E-state index in [4.69, 9.17) is 11.5 Å². The first-order chi connectivity index (χ1) is 7.65. The predicted molar refractivity (Wildman–Crippen MR) is 70.4 cm³/mol. The SMILES string of the molecule is CCCCSCc1ccc(C(N)=O)cc1N. The number of carbonyl (C=O) groups is 1. The van der Waals surface area contributed by atoms with E-state index in [0.29, 0.717) is 11.3 Å². The number of anilines is 1. The molecule has 1 aromatic carbocycles. The van der Waals surface area contributed by atoms with E-state index in [9.17, 15) is 4.79 Å². The van der Waals surface area contributed by atoms with Crippen LogP contribution in [0, 0.1) is 0 Å². The summed E-state index contributed by atoms with van der Waals surface area (Å²) in [5.74, 6) is 1.61. The van der Waals surface area contributed by atoms with Gasteiger partial charge in [0.25, 0.3) is 0 Å². The summed E-state index contributed by atoms with van der Waals surface area (Å²) in [6.45, 7) is 2.18. The molecule has 1 amide bonds. The Balaban J connectivity index is 2.57. The van der Waals surface area contributed by atoms with Crippen LogP contribution >= 0.6 is 11.8 Å². The number of amides is 1. The third-order valence-corrected chi connectivity index (χ3v) is 3.42. The number of carbonyl (C=O) groups excluding carboxylic acids is 1. The number of rotatable bonds is 6. The zero-order valence-electron chi connectivity index (χ0n) is 9.53. The fourth-order valence-electron chi connectivity index (χ4n) is 1.31. The van der Waals surface area contributed by atoms with Crippen LogP contribution in [0.15, 0.2) is 18.2 Å². The van der Waals surface area contributed by atoms with Crippen molar-refractivity contribution in [2.75, 3.05) is 11.5 Å². The molecule has 16 heavy (non-hydrogen) atoms. The molecule has 4 heteroatoms. The Morgan fingerprint density at radius 2 is 2.19 bits per heavy atom. The van der Waals surface area contributed by atoms with E-state index in [1.54, 1.807) is 12.1 Å². The maximum absolute atomic E-state index is 10.9. The minimum absolute atomic E-state index is 0.433. The first-order valence-corrected chi connectivity index (χ1v) is 6.56. The first kappa shape index (κ1) is 12.9. The molecule has 1 aromatic rings. The highest BCUT2D eigenvalue weighted by atomic mass is 32.2. The summed E-state index contributed by atoms with van der Waals surface area (Å²) in [6.07, 6.45) is 2.44. The number of hydrogen-bond acceptors (Lipinski definition) is 3. The van der Waals surface area contributed by atoms with Crippen LogP contribution in [0.3, 0.4) is 0 Å². The van der Waals surface area contributed by atoms with Crippen LogP contribution in [-0.4, -0.2) is 11.7 Å². The molecular formula is C12H18N2OS. The third-order valence-electron chi connectivity index (χ3n) is 2.33. The molecule has 0 aliphatic heterocycles. The van der Waals surface area contributed by atoms with Crippen molar-refractivity contribution in [3.05, 3.63) is 29.3 Å². The molecule has 3 nitrogen and oxygen atoms in total. The van der Waals surface area contributed by atoms with Gasteiger partial charge < -0.3 is 11.5 Å². The topological polar surface area (TPSA) is 69.1 Å². The lowest BCUT2D eigenvalue weighted by molar-refractivity contribution is 0.100. The molecule has 1 rings (SSSR count). The Hall–Kier alpha value is -1.16. The quantitative estimate of drug-likeness (QED) is 0.590. The van der Waals surface area contributed by atoms with Gasteiger partial charge in [-0.3, -0.25) is 4.79 Å². The van der Waals surface area contributed by atoms with Crippen LogP contribution in [0.1, 0.15) is 35.7 Å². The van der Waals surface area contributed by atoms with Gasteiger partial charge in [0, 0.05) is 17.0 Å². The summed E-state index contributed by atoms with van der Waals surface area (Å²) >= 11 is 1.86. The molecule has 0 fully saturated rings. The van der Waals surface area contributed by atoms with Crippen molar-refractivity contribution < 1.29 is 4.79 Å². The Kier molecular flexibility index (Phi) is 5.19. The lowest BCUT2D eigenvalue weighted by Gasteiger charge is -2.06. The van der Waals surface area contributed by atoms with E-state index in [2.05, 4.69) is 6.92 Å². The van der Waals surface area contributed by atoms with Crippen molar-refractivity contribution in [1.82, 2.24) is 0 Å². The second-order valence-corrected chi connectivity index (χ2v) is 4.79. The van der Waals surface area contributed by atoms with Gasteiger partial charge in [0.2, 0.25) is 5.91 Å². The summed E-state index contributed by atoms with van der Waals surface area (Å²) < 4.78 is 0. The molecule has 0 aliphatic rings. The van der Waals surface area contributed by atoms with Gasteiger partial charge >= 0.3 is 0 Å². The molecule has 0 spiro atoms. The number of benzene rings is 1. The average molecular weight is 238 g/mol. The van der Waals surface area contributed by atoms with E-state index in [1.807, 2.05) is 17.8 Å². The minimum atomic E-state index is -0.433. The van der Waals surface area contributed by atoms with Gasteiger partial charge in [-0.25, -0.2) is 0 Å². The van der Waals surface area contributed by atoms with Gasteiger partial charge in [-0.2, -0.15) is 11.8 Å². The number of nitrogens with two attached hydrogens (primary N) is 2. The monoisotopic (exact) mass is 238 g/mol. The largest absolute Gasteiger partial charge is 0.398 e. The van der Waals surface area contributed by atoms with Crippen molar-refractivity contribution in [1.29, 1.82) is 0 Å². The fraction of sp³-hybridized carbons (Fsp3) is 0.417. The molecule has 0 unspecified atom stereocenters. The lowest BCUT2D eigenvalue weighted by atomic mass is 10.1. The highest BCUT2D eigenvalue weighted by Crippen LogP contribution is 2.20. The van der Waals surface area contributed by atoms with Gasteiger partial charge in [0.1, 0.15) is 0 Å². The van der Waals surface area contributed by atoms with Crippen LogP contribution < -0.4 is 11.5 Å². The second kappa shape index (κ2) is 6.43. The minimum Gasteiger partial charge on any atom is -0.398 e. The molecule has 0 aromatic heterocycles. The standard InChI is InChI=1S/C12H18N2OS/c1-2-3-6-16-8-10-5-4-9(12(14)15)7-11(10)13/h4-5,7H,2-3,6,8,13H2,1H3,(H2,14,15). The fourth-order valence-corrected chi connectivity index (χ4v) is 2.43. The summed E-state index contributed by atoms with van der Waals surface area (Å²) in [5.41, 5.74) is 13.2. The van der Waals surface area contributed by atoms with E-state index >= 15 is 0 Å². The molecule has 0 bridgehead atoms. The highest BCUT2D eigenvalue weighted by molar-refractivity contribution is 7.98.